The van der Waals surface area contributed by atoms with Crippen molar-refractivity contribution in [3.8, 4) is 0 Å². The minimum absolute atomic E-state index is 0. The van der Waals surface area contributed by atoms with Gasteiger partial charge in [-0.1, -0.05) is 12.1 Å². The number of guanidine groups is 1. The summed E-state index contributed by atoms with van der Waals surface area (Å²) >= 11 is 1.76. The van der Waals surface area contributed by atoms with Crippen molar-refractivity contribution < 1.29 is 8.42 Å². The molecule has 2 aromatic rings. The molecule has 2 rings (SSSR count). The first kappa shape index (κ1) is 20.9. The molecule has 0 aliphatic rings. The molecule has 24 heavy (non-hydrogen) atoms. The lowest BCUT2D eigenvalue weighted by molar-refractivity contribution is 0.602. The van der Waals surface area contributed by atoms with Crippen LogP contribution in [0.15, 0.2) is 46.3 Å². The second-order valence-electron chi connectivity index (χ2n) is 5.21. The van der Waals surface area contributed by atoms with Crippen LogP contribution in [0.2, 0.25) is 0 Å². The van der Waals surface area contributed by atoms with E-state index in [1.165, 1.54) is 16.0 Å². The molecule has 0 radical (unpaired) electrons. The number of nitrogens with one attached hydrogen (secondary N) is 2. The Balaban J connectivity index is 0.00000288. The molecular formula is C16H22IN3O2S2. The molecule has 2 N–H and O–H groups in total. The standard InChI is InChI=1S/C16H21N3O2S2.HI/c1-12-4-7-14(22-12)11-19-16(17-2)18-10-13-5-8-15(9-6-13)23(3,20)21;/h4-9H,10-11H2,1-3H3,(H2,17,18,19);1H. The van der Waals surface area contributed by atoms with Gasteiger partial charge in [-0.2, -0.15) is 0 Å². The maximum absolute atomic E-state index is 11.4. The molecular weight excluding hydrogens is 457 g/mol. The highest BCUT2D eigenvalue weighted by Gasteiger charge is 2.06. The van der Waals surface area contributed by atoms with Crippen LogP contribution in [-0.4, -0.2) is 27.7 Å². The lowest BCUT2D eigenvalue weighted by Gasteiger charge is -2.11. The topological polar surface area (TPSA) is 70.6 Å². The van der Waals surface area contributed by atoms with Gasteiger partial charge in [0.1, 0.15) is 0 Å². The molecule has 8 heteroatoms. The first-order chi connectivity index (χ1) is 10.9. The Bertz CT molecular complexity index is 784. The third-order valence-electron chi connectivity index (χ3n) is 3.26. The fraction of sp³-hybridized carbons (Fsp3) is 0.312. The minimum Gasteiger partial charge on any atom is -0.352 e. The second-order valence-corrected chi connectivity index (χ2v) is 8.60. The molecule has 0 saturated heterocycles. The van der Waals surface area contributed by atoms with Gasteiger partial charge in [0.25, 0.3) is 0 Å². The van der Waals surface area contributed by atoms with Gasteiger partial charge in [0.15, 0.2) is 15.8 Å². The quantitative estimate of drug-likeness (QED) is 0.393. The Morgan fingerprint density at radius 2 is 1.71 bits per heavy atom. The van der Waals surface area contributed by atoms with Crippen LogP contribution in [0.25, 0.3) is 0 Å². The summed E-state index contributed by atoms with van der Waals surface area (Å²) in [5, 5.41) is 6.47. The van der Waals surface area contributed by atoms with E-state index in [9.17, 15) is 8.42 Å². The van der Waals surface area contributed by atoms with Crippen molar-refractivity contribution in [1.29, 1.82) is 0 Å². The maximum Gasteiger partial charge on any atom is 0.191 e. The lowest BCUT2D eigenvalue weighted by Crippen LogP contribution is -2.36. The Kier molecular flexibility index (Phi) is 8.17. The van der Waals surface area contributed by atoms with E-state index in [0.29, 0.717) is 17.4 Å². The van der Waals surface area contributed by atoms with E-state index in [1.54, 1.807) is 42.6 Å². The molecule has 0 aliphatic carbocycles. The summed E-state index contributed by atoms with van der Waals surface area (Å²) in [6, 6.07) is 11.1. The Morgan fingerprint density at radius 1 is 1.08 bits per heavy atom. The highest BCUT2D eigenvalue weighted by atomic mass is 127. The fourth-order valence-electron chi connectivity index (χ4n) is 2.01. The minimum atomic E-state index is -3.15. The predicted molar refractivity (Wildman–Crippen MR) is 111 cm³/mol. The van der Waals surface area contributed by atoms with Gasteiger partial charge in [0.05, 0.1) is 11.4 Å². The summed E-state index contributed by atoms with van der Waals surface area (Å²) in [6.07, 6.45) is 1.21. The van der Waals surface area contributed by atoms with Gasteiger partial charge in [-0.05, 0) is 36.8 Å². The summed E-state index contributed by atoms with van der Waals surface area (Å²) in [7, 11) is -1.42. The molecule has 1 aromatic carbocycles. The molecule has 0 unspecified atom stereocenters. The molecule has 1 heterocycles. The number of halogens is 1. The molecule has 1 aromatic heterocycles. The first-order valence-electron chi connectivity index (χ1n) is 7.17. The largest absolute Gasteiger partial charge is 0.352 e. The van der Waals surface area contributed by atoms with E-state index in [-0.39, 0.29) is 24.0 Å². The zero-order valence-corrected chi connectivity index (χ0v) is 17.8. The summed E-state index contributed by atoms with van der Waals surface area (Å²) in [4.78, 5) is 7.06. The van der Waals surface area contributed by atoms with Crippen LogP contribution < -0.4 is 10.6 Å². The molecule has 0 atom stereocenters. The van der Waals surface area contributed by atoms with Crippen molar-refractivity contribution in [2.75, 3.05) is 13.3 Å². The van der Waals surface area contributed by atoms with E-state index in [1.807, 2.05) is 0 Å². The van der Waals surface area contributed by atoms with Gasteiger partial charge < -0.3 is 10.6 Å². The number of aryl methyl sites for hydroxylation is 1. The van der Waals surface area contributed by atoms with Gasteiger partial charge in [-0.15, -0.1) is 35.3 Å². The Morgan fingerprint density at radius 3 is 2.21 bits per heavy atom. The number of aliphatic imine (C=N–C) groups is 1. The van der Waals surface area contributed by atoms with Gasteiger partial charge in [-0.3, -0.25) is 4.99 Å². The Hall–Kier alpha value is -1.13. The van der Waals surface area contributed by atoms with Crippen molar-refractivity contribution in [3.63, 3.8) is 0 Å². The number of hydrogen-bond acceptors (Lipinski definition) is 4. The fourth-order valence-corrected chi connectivity index (χ4v) is 3.47. The third kappa shape index (κ3) is 6.40. The van der Waals surface area contributed by atoms with Crippen LogP contribution in [0.4, 0.5) is 0 Å². The van der Waals surface area contributed by atoms with Crippen LogP contribution in [0.1, 0.15) is 15.3 Å². The van der Waals surface area contributed by atoms with Gasteiger partial charge in [-0.25, -0.2) is 8.42 Å². The number of rotatable bonds is 5. The molecule has 5 nitrogen and oxygen atoms in total. The number of sulfone groups is 1. The summed E-state index contributed by atoms with van der Waals surface area (Å²) in [5.41, 5.74) is 0.993. The van der Waals surface area contributed by atoms with Crippen molar-refractivity contribution in [3.05, 3.63) is 51.7 Å². The molecule has 0 bridgehead atoms. The zero-order valence-electron chi connectivity index (χ0n) is 13.9. The lowest BCUT2D eigenvalue weighted by atomic mass is 10.2. The average molecular weight is 479 g/mol. The van der Waals surface area contributed by atoms with E-state index >= 15 is 0 Å². The van der Waals surface area contributed by atoms with Crippen molar-refractivity contribution in [2.24, 2.45) is 4.99 Å². The number of nitrogens with zero attached hydrogens (tertiary/aromatic N) is 1. The van der Waals surface area contributed by atoms with Crippen LogP contribution in [-0.2, 0) is 22.9 Å². The normalized spacial score (nSPS) is 11.7. The zero-order chi connectivity index (χ0) is 16.9. The van der Waals surface area contributed by atoms with Crippen molar-refractivity contribution in [1.82, 2.24) is 10.6 Å². The molecule has 0 aliphatic heterocycles. The highest BCUT2D eigenvalue weighted by Crippen LogP contribution is 2.14. The van der Waals surface area contributed by atoms with Gasteiger partial charge in [0, 0.05) is 29.6 Å². The molecule has 0 saturated carbocycles. The summed E-state index contributed by atoms with van der Waals surface area (Å²) < 4.78 is 22.9. The van der Waals surface area contributed by atoms with E-state index in [4.69, 9.17) is 0 Å². The first-order valence-corrected chi connectivity index (χ1v) is 9.88. The average Bonchev–Trinajstić information content (AvgIpc) is 2.92. The summed E-state index contributed by atoms with van der Waals surface area (Å²) in [6.45, 7) is 3.39. The van der Waals surface area contributed by atoms with E-state index < -0.39 is 9.84 Å². The molecule has 0 fully saturated rings. The number of hydrogen-bond donors (Lipinski definition) is 2. The van der Waals surface area contributed by atoms with Crippen LogP contribution in [0, 0.1) is 6.92 Å². The predicted octanol–water partition coefficient (Wildman–Crippen LogP) is 2.94. The van der Waals surface area contributed by atoms with Crippen molar-refractivity contribution >= 4 is 51.1 Å². The second kappa shape index (κ2) is 9.38. The SMILES string of the molecule is CN=C(NCc1ccc(S(C)(=O)=O)cc1)NCc1ccc(C)s1.I. The van der Waals surface area contributed by atoms with Crippen LogP contribution in [0.3, 0.4) is 0 Å². The van der Waals surface area contributed by atoms with Crippen LogP contribution >= 0.6 is 35.3 Å². The highest BCUT2D eigenvalue weighted by molar-refractivity contribution is 14.0. The van der Waals surface area contributed by atoms with Crippen molar-refractivity contribution in [2.45, 2.75) is 24.9 Å². The van der Waals surface area contributed by atoms with Crippen LogP contribution in [0.5, 0.6) is 0 Å². The monoisotopic (exact) mass is 479 g/mol. The van der Waals surface area contributed by atoms with Gasteiger partial charge in [0.2, 0.25) is 0 Å². The molecule has 0 amide bonds. The smallest absolute Gasteiger partial charge is 0.191 e. The van der Waals surface area contributed by atoms with E-state index in [0.717, 1.165) is 12.1 Å². The molecule has 0 spiro atoms. The molecule has 132 valence electrons. The number of thiophene rings is 1. The number of benzene rings is 1. The Labute approximate surface area is 164 Å². The third-order valence-corrected chi connectivity index (χ3v) is 5.39. The van der Waals surface area contributed by atoms with E-state index in [2.05, 4.69) is 34.7 Å². The summed E-state index contributed by atoms with van der Waals surface area (Å²) in [5.74, 6) is 0.711. The maximum atomic E-state index is 11.4. The van der Waals surface area contributed by atoms with Gasteiger partial charge >= 0.3 is 0 Å².